The number of nitro benzene ring substituents is 1. The molecule has 1 aliphatic rings. The largest absolute Gasteiger partial charge is 0.477 e. The van der Waals surface area contributed by atoms with E-state index in [1.54, 1.807) is 24.4 Å². The SMILES string of the molecule is CCCOc1ncccc1CNc1ccc(C(=O)NC2CC2)cc1[N+](=O)[O-]. The summed E-state index contributed by atoms with van der Waals surface area (Å²) in [6.45, 7) is 2.88. The van der Waals surface area contributed by atoms with Crippen LogP contribution in [0.4, 0.5) is 11.4 Å². The number of nitro groups is 1. The Labute approximate surface area is 157 Å². The molecule has 1 saturated carbocycles. The molecule has 0 saturated heterocycles. The van der Waals surface area contributed by atoms with E-state index in [-0.39, 0.29) is 23.2 Å². The van der Waals surface area contributed by atoms with Gasteiger partial charge in [-0.25, -0.2) is 4.98 Å². The topological polar surface area (TPSA) is 106 Å². The lowest BCUT2D eigenvalue weighted by Crippen LogP contribution is -2.25. The van der Waals surface area contributed by atoms with Crippen LogP contribution in [-0.4, -0.2) is 28.5 Å². The molecule has 1 amide bonds. The van der Waals surface area contributed by atoms with E-state index in [9.17, 15) is 14.9 Å². The Morgan fingerprint density at radius 1 is 1.37 bits per heavy atom. The summed E-state index contributed by atoms with van der Waals surface area (Å²) in [5, 5.41) is 17.3. The fraction of sp³-hybridized carbons (Fsp3) is 0.368. The van der Waals surface area contributed by atoms with Gasteiger partial charge in [0.05, 0.1) is 11.5 Å². The number of rotatable bonds is 9. The van der Waals surface area contributed by atoms with Crippen molar-refractivity contribution >= 4 is 17.3 Å². The second kappa shape index (κ2) is 8.48. The van der Waals surface area contributed by atoms with Gasteiger partial charge in [0, 0.05) is 36.0 Å². The molecule has 0 bridgehead atoms. The van der Waals surface area contributed by atoms with E-state index in [1.807, 2.05) is 13.0 Å². The zero-order valence-electron chi connectivity index (χ0n) is 15.1. The minimum absolute atomic E-state index is 0.140. The van der Waals surface area contributed by atoms with E-state index >= 15 is 0 Å². The fourth-order valence-corrected chi connectivity index (χ4v) is 2.55. The van der Waals surface area contributed by atoms with Crippen LogP contribution in [0.5, 0.6) is 5.88 Å². The van der Waals surface area contributed by atoms with Crippen molar-refractivity contribution in [2.45, 2.75) is 38.8 Å². The number of carbonyl (C=O) groups is 1. The number of nitrogens with zero attached hydrogens (tertiary/aromatic N) is 2. The Bertz CT molecular complexity index is 836. The molecular formula is C19H22N4O4. The molecule has 1 aliphatic carbocycles. The van der Waals surface area contributed by atoms with Crippen molar-refractivity contribution in [2.75, 3.05) is 11.9 Å². The highest BCUT2D eigenvalue weighted by Gasteiger charge is 2.25. The van der Waals surface area contributed by atoms with E-state index in [0.717, 1.165) is 24.8 Å². The molecule has 27 heavy (non-hydrogen) atoms. The summed E-state index contributed by atoms with van der Waals surface area (Å²) in [6.07, 6.45) is 4.42. The first-order valence-corrected chi connectivity index (χ1v) is 8.98. The molecule has 8 nitrogen and oxygen atoms in total. The molecule has 1 aromatic carbocycles. The van der Waals surface area contributed by atoms with E-state index in [4.69, 9.17) is 4.74 Å². The number of aromatic nitrogens is 1. The van der Waals surface area contributed by atoms with Crippen LogP contribution < -0.4 is 15.4 Å². The lowest BCUT2D eigenvalue weighted by atomic mass is 10.1. The second-order valence-electron chi connectivity index (χ2n) is 6.41. The van der Waals surface area contributed by atoms with Gasteiger partial charge >= 0.3 is 0 Å². The van der Waals surface area contributed by atoms with Crippen LogP contribution in [0, 0.1) is 10.1 Å². The van der Waals surface area contributed by atoms with Gasteiger partial charge in [-0.2, -0.15) is 0 Å². The lowest BCUT2D eigenvalue weighted by Gasteiger charge is -2.12. The van der Waals surface area contributed by atoms with Crippen molar-refractivity contribution in [1.29, 1.82) is 0 Å². The predicted octanol–water partition coefficient (Wildman–Crippen LogP) is 3.28. The van der Waals surface area contributed by atoms with Crippen LogP contribution in [0.25, 0.3) is 0 Å². The third kappa shape index (κ3) is 4.93. The minimum Gasteiger partial charge on any atom is -0.477 e. The van der Waals surface area contributed by atoms with E-state index < -0.39 is 4.92 Å². The summed E-state index contributed by atoms with van der Waals surface area (Å²) < 4.78 is 5.61. The number of anilines is 1. The van der Waals surface area contributed by atoms with Gasteiger partial charge in [0.25, 0.3) is 11.6 Å². The van der Waals surface area contributed by atoms with Crippen molar-refractivity contribution in [3.05, 3.63) is 57.8 Å². The molecule has 2 aromatic rings. The highest BCUT2D eigenvalue weighted by atomic mass is 16.6. The summed E-state index contributed by atoms with van der Waals surface area (Å²) in [5.74, 6) is 0.226. The highest BCUT2D eigenvalue weighted by Crippen LogP contribution is 2.28. The summed E-state index contributed by atoms with van der Waals surface area (Å²) in [7, 11) is 0. The first kappa shape index (κ1) is 18.6. The molecule has 1 aromatic heterocycles. The molecule has 3 rings (SSSR count). The Morgan fingerprint density at radius 3 is 2.89 bits per heavy atom. The third-order valence-corrected chi connectivity index (χ3v) is 4.13. The monoisotopic (exact) mass is 370 g/mol. The number of pyridine rings is 1. The quantitative estimate of drug-likeness (QED) is 0.518. The third-order valence-electron chi connectivity index (χ3n) is 4.13. The van der Waals surface area contributed by atoms with Crippen LogP contribution in [-0.2, 0) is 6.54 Å². The van der Waals surface area contributed by atoms with Crippen molar-refractivity contribution in [1.82, 2.24) is 10.3 Å². The van der Waals surface area contributed by atoms with Crippen LogP contribution in [0.2, 0.25) is 0 Å². The maximum Gasteiger partial charge on any atom is 0.293 e. The maximum atomic E-state index is 12.1. The molecule has 8 heteroatoms. The number of amides is 1. The van der Waals surface area contributed by atoms with Gasteiger partial charge in [-0.05, 0) is 37.5 Å². The van der Waals surface area contributed by atoms with Crippen LogP contribution in [0.15, 0.2) is 36.5 Å². The average molecular weight is 370 g/mol. The van der Waals surface area contributed by atoms with Crippen LogP contribution in [0.1, 0.15) is 42.1 Å². The highest BCUT2D eigenvalue weighted by molar-refractivity contribution is 5.96. The Hall–Kier alpha value is -3.16. The molecule has 0 unspecified atom stereocenters. The molecule has 1 heterocycles. The average Bonchev–Trinajstić information content (AvgIpc) is 3.49. The summed E-state index contributed by atoms with van der Waals surface area (Å²) in [5.41, 5.74) is 1.29. The molecule has 0 spiro atoms. The molecule has 2 N–H and O–H groups in total. The van der Waals surface area contributed by atoms with Gasteiger partial charge in [-0.3, -0.25) is 14.9 Å². The van der Waals surface area contributed by atoms with E-state index in [0.29, 0.717) is 24.7 Å². The molecule has 142 valence electrons. The van der Waals surface area contributed by atoms with Gasteiger partial charge in [0.1, 0.15) is 5.69 Å². The van der Waals surface area contributed by atoms with Gasteiger partial charge in [0.2, 0.25) is 5.88 Å². The zero-order valence-corrected chi connectivity index (χ0v) is 15.1. The maximum absolute atomic E-state index is 12.1. The molecule has 0 atom stereocenters. The normalized spacial score (nSPS) is 13.1. The van der Waals surface area contributed by atoms with Gasteiger partial charge in [0.15, 0.2) is 0 Å². The Morgan fingerprint density at radius 2 is 2.19 bits per heavy atom. The van der Waals surface area contributed by atoms with Gasteiger partial charge < -0.3 is 15.4 Å². The molecular weight excluding hydrogens is 348 g/mol. The van der Waals surface area contributed by atoms with Gasteiger partial charge in [-0.15, -0.1) is 0 Å². The first-order valence-electron chi connectivity index (χ1n) is 8.98. The van der Waals surface area contributed by atoms with Gasteiger partial charge in [-0.1, -0.05) is 13.0 Å². The molecule has 1 fully saturated rings. The van der Waals surface area contributed by atoms with Crippen molar-refractivity contribution in [3.8, 4) is 5.88 Å². The number of ether oxygens (including phenoxy) is 1. The Kier molecular flexibility index (Phi) is 5.85. The Balaban J connectivity index is 1.74. The fourth-order valence-electron chi connectivity index (χ4n) is 2.55. The van der Waals surface area contributed by atoms with Crippen LogP contribution in [0.3, 0.4) is 0 Å². The summed E-state index contributed by atoms with van der Waals surface area (Å²) in [6, 6.07) is 8.29. The number of benzene rings is 1. The number of nitrogens with one attached hydrogen (secondary N) is 2. The summed E-state index contributed by atoms with van der Waals surface area (Å²) >= 11 is 0. The first-order chi connectivity index (χ1) is 13.1. The molecule has 0 aliphatic heterocycles. The zero-order chi connectivity index (χ0) is 19.2. The lowest BCUT2D eigenvalue weighted by molar-refractivity contribution is -0.384. The number of hydrogen-bond donors (Lipinski definition) is 2. The van der Waals surface area contributed by atoms with Crippen LogP contribution >= 0.6 is 0 Å². The standard InChI is InChI=1S/C19H22N4O4/c1-2-10-27-19-14(4-3-9-20-19)12-21-16-8-5-13(11-17(16)23(25)26)18(24)22-15-6-7-15/h3-5,8-9,11,15,21H,2,6-7,10,12H2,1H3,(H,22,24). The minimum atomic E-state index is -0.492. The number of hydrogen-bond acceptors (Lipinski definition) is 6. The van der Waals surface area contributed by atoms with Crippen molar-refractivity contribution < 1.29 is 14.5 Å². The summed E-state index contributed by atoms with van der Waals surface area (Å²) in [4.78, 5) is 27.3. The predicted molar refractivity (Wildman–Crippen MR) is 101 cm³/mol. The van der Waals surface area contributed by atoms with E-state index in [2.05, 4.69) is 15.6 Å². The van der Waals surface area contributed by atoms with Crippen molar-refractivity contribution in [2.24, 2.45) is 0 Å². The van der Waals surface area contributed by atoms with Crippen molar-refractivity contribution in [3.63, 3.8) is 0 Å². The smallest absolute Gasteiger partial charge is 0.293 e. The molecule has 0 radical (unpaired) electrons. The van der Waals surface area contributed by atoms with E-state index in [1.165, 1.54) is 6.07 Å². The number of carbonyl (C=O) groups excluding carboxylic acids is 1. The second-order valence-corrected chi connectivity index (χ2v) is 6.41.